The number of halogens is 3. The highest BCUT2D eigenvalue weighted by Gasteiger charge is 2.25. The molecule has 0 aromatic carbocycles. The predicted molar refractivity (Wildman–Crippen MR) is 55.0 cm³/mol. The molecule has 0 aliphatic rings. The zero-order valence-electron chi connectivity index (χ0n) is 9.17. The maximum absolute atomic E-state index is 11.9. The van der Waals surface area contributed by atoms with E-state index in [1.54, 1.807) is 23.0 Å². The minimum absolute atomic E-state index is 0.0693. The van der Waals surface area contributed by atoms with E-state index in [-0.39, 0.29) is 6.42 Å². The number of alkyl halides is 3. The Hall–Kier alpha value is -0.970. The molecule has 0 fully saturated rings. The molecule has 0 aliphatic heterocycles. The van der Waals surface area contributed by atoms with Crippen molar-refractivity contribution in [2.24, 2.45) is 0 Å². The Kier molecular flexibility index (Phi) is 4.41. The second-order valence-corrected chi connectivity index (χ2v) is 3.83. The first-order valence-electron chi connectivity index (χ1n) is 5.33. The van der Waals surface area contributed by atoms with Crippen molar-refractivity contribution in [2.75, 3.05) is 0 Å². The van der Waals surface area contributed by atoms with E-state index in [0.717, 1.165) is 5.56 Å². The summed E-state index contributed by atoms with van der Waals surface area (Å²) in [5.74, 6) is 0. The molecule has 5 heteroatoms. The van der Waals surface area contributed by atoms with Gasteiger partial charge in [0.2, 0.25) is 0 Å². The van der Waals surface area contributed by atoms with Crippen molar-refractivity contribution in [1.82, 2.24) is 4.57 Å². The van der Waals surface area contributed by atoms with Gasteiger partial charge < -0.3 is 9.67 Å². The molecule has 1 rings (SSSR count). The van der Waals surface area contributed by atoms with E-state index in [2.05, 4.69) is 0 Å². The molecule has 0 radical (unpaired) electrons. The minimum atomic E-state index is -4.08. The lowest BCUT2D eigenvalue weighted by Gasteiger charge is -2.07. The van der Waals surface area contributed by atoms with E-state index < -0.39 is 18.7 Å². The van der Waals surface area contributed by atoms with Gasteiger partial charge in [0.1, 0.15) is 0 Å². The van der Waals surface area contributed by atoms with Crippen LogP contribution in [0.25, 0.3) is 0 Å². The Labute approximate surface area is 92.7 Å². The molecule has 1 unspecified atom stereocenters. The molecule has 0 bridgehead atoms. The van der Waals surface area contributed by atoms with Crippen molar-refractivity contribution in [3.63, 3.8) is 0 Å². The summed E-state index contributed by atoms with van der Waals surface area (Å²) < 4.78 is 37.4. The Morgan fingerprint density at radius 2 is 2.12 bits per heavy atom. The highest BCUT2D eigenvalue weighted by atomic mass is 19.4. The van der Waals surface area contributed by atoms with Crippen LogP contribution in [0.5, 0.6) is 0 Å². The quantitative estimate of drug-likeness (QED) is 0.832. The van der Waals surface area contributed by atoms with Gasteiger partial charge in [-0.1, -0.05) is 6.92 Å². The van der Waals surface area contributed by atoms with E-state index in [1.165, 1.54) is 0 Å². The summed E-state index contributed by atoms with van der Waals surface area (Å²) in [7, 11) is 0. The van der Waals surface area contributed by atoms with Gasteiger partial charge in [-0.05, 0) is 24.5 Å². The van der Waals surface area contributed by atoms with Crippen molar-refractivity contribution < 1.29 is 18.3 Å². The number of hydrogen-bond donors (Lipinski definition) is 1. The van der Waals surface area contributed by atoms with Crippen molar-refractivity contribution in [2.45, 2.75) is 45.0 Å². The summed E-state index contributed by atoms with van der Waals surface area (Å²) in [5.41, 5.74) is 0.759. The average molecular weight is 235 g/mol. The summed E-state index contributed by atoms with van der Waals surface area (Å²) in [6.07, 6.45) is -1.30. The third-order valence-electron chi connectivity index (χ3n) is 2.42. The number of hydrogen-bond acceptors (Lipinski definition) is 1. The molecule has 0 saturated heterocycles. The maximum Gasteiger partial charge on any atom is 0.389 e. The summed E-state index contributed by atoms with van der Waals surface area (Å²) in [4.78, 5) is 0. The van der Waals surface area contributed by atoms with Crippen LogP contribution >= 0.6 is 0 Å². The number of aromatic nitrogens is 1. The molecular formula is C11H16F3NO. The first kappa shape index (κ1) is 13.1. The highest BCUT2D eigenvalue weighted by Crippen LogP contribution is 2.22. The predicted octanol–water partition coefficient (Wildman–Crippen LogP) is 3.27. The minimum Gasteiger partial charge on any atom is -0.388 e. The maximum atomic E-state index is 11.9. The smallest absolute Gasteiger partial charge is 0.388 e. The topological polar surface area (TPSA) is 25.2 Å². The van der Waals surface area contributed by atoms with Crippen LogP contribution in [-0.2, 0) is 6.54 Å². The van der Waals surface area contributed by atoms with Gasteiger partial charge in [0, 0.05) is 25.4 Å². The second kappa shape index (κ2) is 5.39. The monoisotopic (exact) mass is 235 g/mol. The molecule has 92 valence electrons. The van der Waals surface area contributed by atoms with Crippen molar-refractivity contribution in [1.29, 1.82) is 0 Å². The molecule has 1 aromatic heterocycles. The Bertz CT molecular complexity index is 319. The molecule has 16 heavy (non-hydrogen) atoms. The molecule has 1 N–H and O–H groups in total. The van der Waals surface area contributed by atoms with Crippen LogP contribution in [0.3, 0.4) is 0 Å². The molecule has 0 spiro atoms. The lowest BCUT2D eigenvalue weighted by atomic mass is 10.1. The van der Waals surface area contributed by atoms with Gasteiger partial charge in [0.15, 0.2) is 0 Å². The first-order chi connectivity index (χ1) is 7.42. The van der Waals surface area contributed by atoms with Gasteiger partial charge in [-0.3, -0.25) is 0 Å². The van der Waals surface area contributed by atoms with Crippen LogP contribution in [0.4, 0.5) is 13.2 Å². The molecule has 0 saturated carbocycles. The molecule has 1 aromatic rings. The largest absolute Gasteiger partial charge is 0.389 e. The van der Waals surface area contributed by atoms with Crippen LogP contribution in [0.1, 0.15) is 37.9 Å². The second-order valence-electron chi connectivity index (χ2n) is 3.83. The van der Waals surface area contributed by atoms with Crippen LogP contribution in [0.15, 0.2) is 18.5 Å². The van der Waals surface area contributed by atoms with Crippen LogP contribution < -0.4 is 0 Å². The van der Waals surface area contributed by atoms with Gasteiger partial charge in [-0.2, -0.15) is 13.2 Å². The lowest BCUT2D eigenvalue weighted by molar-refractivity contribution is -0.135. The van der Waals surface area contributed by atoms with E-state index in [9.17, 15) is 18.3 Å². The Balaban J connectivity index is 2.41. The summed E-state index contributed by atoms with van der Waals surface area (Å²) >= 11 is 0. The van der Waals surface area contributed by atoms with E-state index in [4.69, 9.17) is 0 Å². The Morgan fingerprint density at radius 1 is 1.44 bits per heavy atom. The van der Waals surface area contributed by atoms with E-state index in [1.807, 2.05) is 6.92 Å². The normalized spacial score (nSPS) is 14.1. The fourth-order valence-corrected chi connectivity index (χ4v) is 1.49. The fourth-order valence-electron chi connectivity index (χ4n) is 1.49. The molecule has 1 heterocycles. The third kappa shape index (κ3) is 4.26. The number of aliphatic hydroxyl groups is 1. The average Bonchev–Trinajstić information content (AvgIpc) is 2.63. The van der Waals surface area contributed by atoms with Gasteiger partial charge in [0.25, 0.3) is 0 Å². The number of aliphatic hydroxyl groups excluding tert-OH is 1. The van der Waals surface area contributed by atoms with Gasteiger partial charge in [-0.25, -0.2) is 0 Å². The summed E-state index contributed by atoms with van der Waals surface area (Å²) in [6, 6.07) is 1.74. The third-order valence-corrected chi connectivity index (χ3v) is 2.42. The highest BCUT2D eigenvalue weighted by molar-refractivity contribution is 5.13. The summed E-state index contributed by atoms with van der Waals surface area (Å²) in [5, 5.41) is 9.50. The van der Waals surface area contributed by atoms with Crippen LogP contribution in [0.2, 0.25) is 0 Å². The lowest BCUT2D eigenvalue weighted by Crippen LogP contribution is -2.08. The van der Waals surface area contributed by atoms with Crippen molar-refractivity contribution in [3.8, 4) is 0 Å². The number of nitrogens with zero attached hydrogens (tertiary/aromatic N) is 1. The zero-order chi connectivity index (χ0) is 12.2. The standard InChI is InChI=1S/C11H16F3NO/c1-2-10(16)9-4-7-15(8-9)6-3-5-11(12,13)14/h4,7-8,10,16H,2-3,5-6H2,1H3. The Morgan fingerprint density at radius 3 is 2.69 bits per heavy atom. The van der Waals surface area contributed by atoms with Gasteiger partial charge in [0.05, 0.1) is 6.10 Å². The van der Waals surface area contributed by atoms with E-state index >= 15 is 0 Å². The SMILES string of the molecule is CCC(O)c1ccn(CCCC(F)(F)F)c1. The fraction of sp³-hybridized carbons (Fsp3) is 0.636. The summed E-state index contributed by atoms with van der Waals surface area (Å²) in [6.45, 7) is 2.18. The van der Waals surface area contributed by atoms with Crippen molar-refractivity contribution >= 4 is 0 Å². The zero-order valence-corrected chi connectivity index (χ0v) is 9.17. The number of rotatable bonds is 5. The molecule has 0 aliphatic carbocycles. The molecule has 1 atom stereocenters. The van der Waals surface area contributed by atoms with Crippen molar-refractivity contribution in [3.05, 3.63) is 24.0 Å². The molecular weight excluding hydrogens is 219 g/mol. The molecule has 2 nitrogen and oxygen atoms in total. The van der Waals surface area contributed by atoms with Crippen LogP contribution in [-0.4, -0.2) is 15.8 Å². The van der Waals surface area contributed by atoms with Crippen LogP contribution in [0, 0.1) is 0 Å². The number of aryl methyl sites for hydroxylation is 1. The van der Waals surface area contributed by atoms with Gasteiger partial charge >= 0.3 is 6.18 Å². The van der Waals surface area contributed by atoms with E-state index in [0.29, 0.717) is 13.0 Å². The van der Waals surface area contributed by atoms with Gasteiger partial charge in [-0.15, -0.1) is 0 Å². The molecule has 0 amide bonds. The first-order valence-corrected chi connectivity index (χ1v) is 5.33.